The Bertz CT molecular complexity index is 323. The second kappa shape index (κ2) is 7.20. The molecule has 0 bridgehead atoms. The fraction of sp³-hybridized carbons (Fsp3) is 0.455. The summed E-state index contributed by atoms with van der Waals surface area (Å²) in [4.78, 5) is 1.65. The minimum absolute atomic E-state index is 0.242. The van der Waals surface area contributed by atoms with E-state index in [4.69, 9.17) is 11.6 Å². The van der Waals surface area contributed by atoms with Gasteiger partial charge in [0.1, 0.15) is 0 Å². The van der Waals surface area contributed by atoms with Gasteiger partial charge in [-0.05, 0) is 11.6 Å². The lowest BCUT2D eigenvalue weighted by Crippen LogP contribution is -2.30. The van der Waals surface area contributed by atoms with Crippen molar-refractivity contribution in [2.45, 2.75) is 13.0 Å². The molecule has 0 aliphatic rings. The standard InChI is InChI=1S/C11H13BrClF2N/c12-10-4-2-1-3-9(10)7-16(6-5-13)8-11(14)15/h1-4,11H,5-8H2. The Balaban J connectivity index is 2.64. The minimum Gasteiger partial charge on any atom is -0.292 e. The molecule has 0 amide bonds. The van der Waals surface area contributed by atoms with Crippen LogP contribution in [0.5, 0.6) is 0 Å². The maximum absolute atomic E-state index is 12.3. The van der Waals surface area contributed by atoms with Crippen molar-refractivity contribution >= 4 is 27.5 Å². The molecule has 0 aromatic heterocycles. The fourth-order valence-corrected chi connectivity index (χ4v) is 2.07. The molecule has 0 fully saturated rings. The molecule has 0 unspecified atom stereocenters. The van der Waals surface area contributed by atoms with E-state index in [-0.39, 0.29) is 6.54 Å². The summed E-state index contributed by atoms with van der Waals surface area (Å²) in [6, 6.07) is 7.60. The van der Waals surface area contributed by atoms with E-state index >= 15 is 0 Å². The van der Waals surface area contributed by atoms with Gasteiger partial charge in [0.15, 0.2) is 0 Å². The summed E-state index contributed by atoms with van der Waals surface area (Å²) >= 11 is 8.98. The molecular weight excluding hydrogens is 299 g/mol. The van der Waals surface area contributed by atoms with Crippen LogP contribution in [-0.4, -0.2) is 30.3 Å². The monoisotopic (exact) mass is 311 g/mol. The molecule has 16 heavy (non-hydrogen) atoms. The number of hydrogen-bond acceptors (Lipinski definition) is 1. The summed E-state index contributed by atoms with van der Waals surface area (Å²) in [5.41, 5.74) is 0.994. The summed E-state index contributed by atoms with van der Waals surface area (Å²) in [7, 11) is 0. The first-order valence-electron chi connectivity index (χ1n) is 4.93. The third-order valence-corrected chi connectivity index (χ3v) is 3.09. The first-order valence-corrected chi connectivity index (χ1v) is 6.26. The van der Waals surface area contributed by atoms with Crippen LogP contribution in [0.3, 0.4) is 0 Å². The van der Waals surface area contributed by atoms with E-state index in [0.717, 1.165) is 10.0 Å². The molecule has 0 aliphatic carbocycles. The molecule has 90 valence electrons. The Labute approximate surface area is 108 Å². The van der Waals surface area contributed by atoms with Crippen molar-refractivity contribution in [3.8, 4) is 0 Å². The van der Waals surface area contributed by atoms with Crippen LogP contribution in [0, 0.1) is 0 Å². The Kier molecular flexibility index (Phi) is 6.24. The van der Waals surface area contributed by atoms with E-state index in [9.17, 15) is 8.78 Å². The number of hydrogen-bond donors (Lipinski definition) is 0. The fourth-order valence-electron chi connectivity index (χ4n) is 1.42. The van der Waals surface area contributed by atoms with Gasteiger partial charge in [-0.1, -0.05) is 34.1 Å². The number of nitrogens with zero attached hydrogens (tertiary/aromatic N) is 1. The topological polar surface area (TPSA) is 3.24 Å². The van der Waals surface area contributed by atoms with E-state index in [1.807, 2.05) is 24.3 Å². The van der Waals surface area contributed by atoms with Crippen molar-refractivity contribution in [2.75, 3.05) is 19.0 Å². The van der Waals surface area contributed by atoms with E-state index in [1.165, 1.54) is 0 Å². The molecule has 0 atom stereocenters. The largest absolute Gasteiger partial charge is 0.292 e. The second-order valence-electron chi connectivity index (χ2n) is 3.41. The van der Waals surface area contributed by atoms with E-state index in [0.29, 0.717) is 19.0 Å². The van der Waals surface area contributed by atoms with Crippen LogP contribution in [0.1, 0.15) is 5.56 Å². The molecule has 0 radical (unpaired) electrons. The number of alkyl halides is 3. The van der Waals surface area contributed by atoms with Gasteiger partial charge in [0.2, 0.25) is 0 Å². The van der Waals surface area contributed by atoms with E-state index in [1.54, 1.807) is 4.90 Å². The number of benzene rings is 1. The van der Waals surface area contributed by atoms with Crippen LogP contribution in [0.2, 0.25) is 0 Å². The Morgan fingerprint density at radius 2 is 2.00 bits per heavy atom. The van der Waals surface area contributed by atoms with Crippen molar-refractivity contribution in [3.05, 3.63) is 34.3 Å². The van der Waals surface area contributed by atoms with E-state index in [2.05, 4.69) is 15.9 Å². The number of halogens is 4. The molecule has 1 aromatic rings. The maximum Gasteiger partial charge on any atom is 0.251 e. The zero-order valence-electron chi connectivity index (χ0n) is 8.67. The highest BCUT2D eigenvalue weighted by molar-refractivity contribution is 9.10. The SMILES string of the molecule is FC(F)CN(CCCl)Cc1ccccc1Br. The Hall–Kier alpha value is -0.190. The van der Waals surface area contributed by atoms with Gasteiger partial charge >= 0.3 is 0 Å². The lowest BCUT2D eigenvalue weighted by atomic mass is 10.2. The molecule has 1 aromatic carbocycles. The Morgan fingerprint density at radius 3 is 2.56 bits per heavy atom. The second-order valence-corrected chi connectivity index (χ2v) is 4.64. The quantitative estimate of drug-likeness (QED) is 0.723. The van der Waals surface area contributed by atoms with Gasteiger partial charge in [0.05, 0.1) is 6.54 Å². The molecule has 0 heterocycles. The molecule has 0 N–H and O–H groups in total. The third-order valence-electron chi connectivity index (χ3n) is 2.15. The van der Waals surface area contributed by atoms with Gasteiger partial charge in [-0.3, -0.25) is 4.90 Å². The van der Waals surface area contributed by atoms with Crippen LogP contribution in [0.15, 0.2) is 28.7 Å². The predicted octanol–water partition coefficient (Wildman–Crippen LogP) is 3.76. The highest BCUT2D eigenvalue weighted by Crippen LogP contribution is 2.18. The van der Waals surface area contributed by atoms with Gasteiger partial charge in [-0.2, -0.15) is 0 Å². The average molecular weight is 313 g/mol. The van der Waals surface area contributed by atoms with E-state index < -0.39 is 6.43 Å². The average Bonchev–Trinajstić information content (AvgIpc) is 2.21. The first kappa shape index (κ1) is 13.9. The molecule has 0 saturated carbocycles. The summed E-state index contributed by atoms with van der Waals surface area (Å²) in [5.74, 6) is 0.358. The van der Waals surface area contributed by atoms with Crippen LogP contribution in [-0.2, 0) is 6.54 Å². The normalized spacial score (nSPS) is 11.4. The van der Waals surface area contributed by atoms with Gasteiger partial charge < -0.3 is 0 Å². The van der Waals surface area contributed by atoms with Crippen molar-refractivity contribution in [2.24, 2.45) is 0 Å². The molecule has 0 saturated heterocycles. The van der Waals surface area contributed by atoms with Crippen molar-refractivity contribution in [1.29, 1.82) is 0 Å². The lowest BCUT2D eigenvalue weighted by Gasteiger charge is -2.21. The van der Waals surface area contributed by atoms with Gasteiger partial charge in [0.25, 0.3) is 6.43 Å². The van der Waals surface area contributed by atoms with Crippen LogP contribution < -0.4 is 0 Å². The third kappa shape index (κ3) is 4.76. The minimum atomic E-state index is -2.33. The van der Waals surface area contributed by atoms with Crippen LogP contribution >= 0.6 is 27.5 Å². The lowest BCUT2D eigenvalue weighted by molar-refractivity contribution is 0.0877. The van der Waals surface area contributed by atoms with Crippen LogP contribution in [0.25, 0.3) is 0 Å². The number of rotatable bonds is 6. The van der Waals surface area contributed by atoms with Crippen LogP contribution in [0.4, 0.5) is 8.78 Å². The highest BCUT2D eigenvalue weighted by atomic mass is 79.9. The smallest absolute Gasteiger partial charge is 0.251 e. The zero-order chi connectivity index (χ0) is 12.0. The summed E-state index contributed by atoms with van der Waals surface area (Å²) in [6.07, 6.45) is -2.33. The molecule has 5 heteroatoms. The summed E-state index contributed by atoms with van der Waals surface area (Å²) in [5, 5.41) is 0. The van der Waals surface area contributed by atoms with Crippen molar-refractivity contribution < 1.29 is 8.78 Å². The summed E-state index contributed by atoms with van der Waals surface area (Å²) < 4.78 is 25.6. The zero-order valence-corrected chi connectivity index (χ0v) is 11.0. The van der Waals surface area contributed by atoms with Gasteiger partial charge in [-0.15, -0.1) is 11.6 Å². The highest BCUT2D eigenvalue weighted by Gasteiger charge is 2.12. The van der Waals surface area contributed by atoms with Crippen molar-refractivity contribution in [1.82, 2.24) is 4.90 Å². The van der Waals surface area contributed by atoms with Gasteiger partial charge in [0, 0.05) is 23.4 Å². The molecule has 1 nitrogen and oxygen atoms in total. The van der Waals surface area contributed by atoms with Gasteiger partial charge in [-0.25, -0.2) is 8.78 Å². The first-order chi connectivity index (χ1) is 7.63. The van der Waals surface area contributed by atoms with Crippen molar-refractivity contribution in [3.63, 3.8) is 0 Å². The maximum atomic E-state index is 12.3. The molecule has 1 rings (SSSR count). The predicted molar refractivity (Wildman–Crippen MR) is 66.1 cm³/mol. The molecular formula is C11H13BrClF2N. The molecule has 0 spiro atoms. The summed E-state index contributed by atoms with van der Waals surface area (Å²) in [6.45, 7) is 0.708. The molecule has 0 aliphatic heterocycles. The Morgan fingerprint density at radius 1 is 1.31 bits per heavy atom.